The van der Waals surface area contributed by atoms with Crippen LogP contribution in [0.25, 0.3) is 11.1 Å². The Morgan fingerprint density at radius 3 is 2.39 bits per heavy atom. The van der Waals surface area contributed by atoms with E-state index in [1.54, 1.807) is 30.3 Å². The number of benzene rings is 3. The quantitative estimate of drug-likeness (QED) is 0.360. The van der Waals surface area contributed by atoms with Crippen molar-refractivity contribution >= 4 is 46.5 Å². The molecule has 0 radical (unpaired) electrons. The average Bonchev–Trinajstić information content (AvgIpc) is 3.27. The Kier molecular flexibility index (Phi) is 7.78. The molecular weight excluding hydrogens is 612 g/mol. The summed E-state index contributed by atoms with van der Waals surface area (Å²) in [5.74, 6) is -1.81. The molecule has 1 N–H and O–H groups in total. The lowest BCUT2D eigenvalue weighted by atomic mass is 9.96. The lowest BCUT2D eigenvalue weighted by molar-refractivity contribution is 0.0516. The van der Waals surface area contributed by atoms with Crippen molar-refractivity contribution in [1.29, 1.82) is 0 Å². The molecule has 3 aromatic carbocycles. The van der Waals surface area contributed by atoms with E-state index in [0.717, 1.165) is 37.6 Å². The summed E-state index contributed by atoms with van der Waals surface area (Å²) in [6.07, 6.45) is 2.65. The molecule has 4 aliphatic heterocycles. The van der Waals surface area contributed by atoms with Gasteiger partial charge in [-0.05, 0) is 43.5 Å². The number of amides is 1. The predicted octanol–water partition coefficient (Wildman–Crippen LogP) is 6.04. The van der Waals surface area contributed by atoms with Crippen molar-refractivity contribution in [3.05, 3.63) is 75.0 Å². The molecule has 2 atom stereocenters. The molecule has 0 saturated carbocycles. The number of ether oxygens (including phenoxy) is 3. The standard InChI is InChI=1S/C32H30Cl2FN3O6/c33-25-9-21(36-7-2-8-42-16-36)10-26(34)29(25)31(39)37-13-18-3-1-4-22(30(18)44-17-37)23-12-28(24(32(40)41)11-27(23)35)38-19-5-6-20(38)15-43-14-19/h1,3-4,9-12,19-20H,2,5-8,13-17H2,(H,40,41). The molecule has 7 rings (SSSR count). The number of carbonyl (C=O) groups is 2. The third-order valence-electron chi connectivity index (χ3n) is 8.80. The van der Waals surface area contributed by atoms with Gasteiger partial charge in [-0.25, -0.2) is 9.18 Å². The smallest absolute Gasteiger partial charge is 0.337 e. The number of anilines is 2. The van der Waals surface area contributed by atoms with Crippen molar-refractivity contribution in [3.63, 3.8) is 0 Å². The van der Waals surface area contributed by atoms with Gasteiger partial charge in [0.25, 0.3) is 5.91 Å². The highest BCUT2D eigenvalue weighted by molar-refractivity contribution is 6.40. The van der Waals surface area contributed by atoms with Crippen LogP contribution in [0.4, 0.5) is 15.8 Å². The number of carboxylic acids is 1. The molecule has 0 aliphatic carbocycles. The van der Waals surface area contributed by atoms with Crippen molar-refractivity contribution in [2.75, 3.05) is 49.6 Å². The van der Waals surface area contributed by atoms with Crippen molar-refractivity contribution in [2.24, 2.45) is 0 Å². The van der Waals surface area contributed by atoms with Gasteiger partial charge in [0, 0.05) is 28.9 Å². The van der Waals surface area contributed by atoms with Crippen LogP contribution in [-0.4, -0.2) is 73.8 Å². The van der Waals surface area contributed by atoms with Crippen LogP contribution >= 0.6 is 23.2 Å². The first-order chi connectivity index (χ1) is 21.3. The largest absolute Gasteiger partial charge is 0.478 e. The van der Waals surface area contributed by atoms with E-state index in [9.17, 15) is 14.7 Å². The van der Waals surface area contributed by atoms with Crippen LogP contribution in [0.1, 0.15) is 45.5 Å². The molecule has 3 fully saturated rings. The monoisotopic (exact) mass is 641 g/mol. The summed E-state index contributed by atoms with van der Waals surface area (Å²) in [6.45, 7) is 3.00. The minimum atomic E-state index is -1.19. The van der Waals surface area contributed by atoms with Crippen molar-refractivity contribution < 1.29 is 33.3 Å². The van der Waals surface area contributed by atoms with E-state index in [4.69, 9.17) is 37.4 Å². The topological polar surface area (TPSA) is 91.8 Å². The number of halogens is 3. The number of nitrogens with zero attached hydrogens (tertiary/aromatic N) is 3. The number of carbonyl (C=O) groups excluding carboxylic acids is 1. The summed E-state index contributed by atoms with van der Waals surface area (Å²) in [6, 6.07) is 11.5. The van der Waals surface area contributed by atoms with Gasteiger partial charge in [0.1, 0.15) is 18.3 Å². The minimum Gasteiger partial charge on any atom is -0.478 e. The van der Waals surface area contributed by atoms with Gasteiger partial charge in [-0.1, -0.05) is 41.4 Å². The number of hydrogen-bond donors (Lipinski definition) is 1. The highest BCUT2D eigenvalue weighted by Gasteiger charge is 2.40. The van der Waals surface area contributed by atoms with E-state index in [-0.39, 0.29) is 58.0 Å². The van der Waals surface area contributed by atoms with Crippen LogP contribution in [0.5, 0.6) is 5.75 Å². The maximum atomic E-state index is 15.6. The van der Waals surface area contributed by atoms with E-state index < -0.39 is 11.8 Å². The molecule has 4 heterocycles. The molecule has 2 unspecified atom stereocenters. The molecule has 1 amide bonds. The number of carboxylic acid groups (broad SMARTS) is 1. The first kappa shape index (κ1) is 29.2. The average molecular weight is 643 g/mol. The lowest BCUT2D eigenvalue weighted by Crippen LogP contribution is -2.46. The van der Waals surface area contributed by atoms with Gasteiger partial charge in [0.15, 0.2) is 6.73 Å². The highest BCUT2D eigenvalue weighted by atomic mass is 35.5. The van der Waals surface area contributed by atoms with Gasteiger partial charge in [0.05, 0.1) is 65.3 Å². The van der Waals surface area contributed by atoms with Gasteiger partial charge in [0.2, 0.25) is 0 Å². The fourth-order valence-corrected chi connectivity index (χ4v) is 7.33. The molecule has 3 aromatic rings. The third-order valence-corrected chi connectivity index (χ3v) is 9.40. The fraction of sp³-hybridized carbons (Fsp3) is 0.375. The Labute approximate surface area is 263 Å². The Bertz CT molecular complexity index is 1610. The zero-order chi connectivity index (χ0) is 30.5. The molecule has 2 bridgehead atoms. The Morgan fingerprint density at radius 2 is 1.70 bits per heavy atom. The second-order valence-electron chi connectivity index (χ2n) is 11.5. The Balaban J connectivity index is 1.19. The first-order valence-corrected chi connectivity index (χ1v) is 15.3. The van der Waals surface area contributed by atoms with Crippen LogP contribution in [-0.2, 0) is 16.0 Å². The van der Waals surface area contributed by atoms with Crippen LogP contribution < -0.4 is 14.5 Å². The molecule has 0 spiro atoms. The molecule has 3 saturated heterocycles. The number of morpholine rings is 1. The second-order valence-corrected chi connectivity index (χ2v) is 12.3. The molecular formula is C32H30Cl2FN3O6. The van der Waals surface area contributed by atoms with Gasteiger partial charge >= 0.3 is 5.97 Å². The molecule has 0 aromatic heterocycles. The fourth-order valence-electron chi connectivity index (χ4n) is 6.70. The number of hydrogen-bond acceptors (Lipinski definition) is 7. The summed E-state index contributed by atoms with van der Waals surface area (Å²) in [7, 11) is 0. The summed E-state index contributed by atoms with van der Waals surface area (Å²) >= 11 is 13.2. The second kappa shape index (κ2) is 11.7. The molecule has 44 heavy (non-hydrogen) atoms. The number of aromatic carboxylic acids is 1. The van der Waals surface area contributed by atoms with Gasteiger partial charge in [-0.3, -0.25) is 4.79 Å². The van der Waals surface area contributed by atoms with Crippen molar-refractivity contribution in [1.82, 2.24) is 4.90 Å². The molecule has 4 aliphatic rings. The van der Waals surface area contributed by atoms with Crippen molar-refractivity contribution in [2.45, 2.75) is 37.9 Å². The van der Waals surface area contributed by atoms with Crippen LogP contribution in [0.3, 0.4) is 0 Å². The summed E-state index contributed by atoms with van der Waals surface area (Å²) in [5.41, 5.74) is 2.73. The molecule has 9 nitrogen and oxygen atoms in total. The van der Waals surface area contributed by atoms with Crippen LogP contribution in [0.2, 0.25) is 10.0 Å². The number of fused-ring (bicyclic) bond motifs is 3. The Morgan fingerprint density at radius 1 is 0.955 bits per heavy atom. The van der Waals surface area contributed by atoms with E-state index in [1.807, 2.05) is 11.0 Å². The molecule has 12 heteroatoms. The zero-order valence-corrected chi connectivity index (χ0v) is 25.2. The third kappa shape index (κ3) is 5.13. The zero-order valence-electron chi connectivity index (χ0n) is 23.7. The summed E-state index contributed by atoms with van der Waals surface area (Å²) in [4.78, 5) is 31.4. The molecule has 230 valence electrons. The van der Waals surface area contributed by atoms with Crippen LogP contribution in [0.15, 0.2) is 42.5 Å². The number of para-hydroxylation sites is 1. The number of rotatable bonds is 5. The first-order valence-electron chi connectivity index (χ1n) is 14.6. The lowest BCUT2D eigenvalue weighted by Gasteiger charge is -2.37. The van der Waals surface area contributed by atoms with Crippen molar-refractivity contribution in [3.8, 4) is 16.9 Å². The maximum absolute atomic E-state index is 15.6. The SMILES string of the molecule is O=C(O)c1cc(F)c(-c2cccc3c2OCN(C(=O)c2c(Cl)cc(N4CCCOC4)cc2Cl)C3)cc1N1C2CCC1COC2. The minimum absolute atomic E-state index is 0.0339. The van der Waals surface area contributed by atoms with E-state index in [2.05, 4.69) is 4.90 Å². The highest BCUT2D eigenvalue weighted by Crippen LogP contribution is 2.43. The van der Waals surface area contributed by atoms with Crippen LogP contribution in [0, 0.1) is 5.82 Å². The predicted molar refractivity (Wildman–Crippen MR) is 164 cm³/mol. The summed E-state index contributed by atoms with van der Waals surface area (Å²) in [5, 5.41) is 10.4. The van der Waals surface area contributed by atoms with Gasteiger partial charge in [-0.15, -0.1) is 0 Å². The normalized spacial score (nSPS) is 21.2. The van der Waals surface area contributed by atoms with E-state index >= 15 is 4.39 Å². The van der Waals surface area contributed by atoms with Gasteiger partial charge < -0.3 is 34.0 Å². The van der Waals surface area contributed by atoms with E-state index in [0.29, 0.717) is 49.1 Å². The Hall–Kier alpha value is -3.57. The summed E-state index contributed by atoms with van der Waals surface area (Å²) < 4.78 is 33.0. The van der Waals surface area contributed by atoms with Gasteiger partial charge in [-0.2, -0.15) is 0 Å². The van der Waals surface area contributed by atoms with E-state index in [1.165, 1.54) is 4.90 Å². The maximum Gasteiger partial charge on any atom is 0.337 e.